The number of hydrogen-bond donors (Lipinski definition) is 0. The van der Waals surface area contributed by atoms with Gasteiger partial charge in [0, 0.05) is 25.5 Å². The summed E-state index contributed by atoms with van der Waals surface area (Å²) >= 11 is 0. The summed E-state index contributed by atoms with van der Waals surface area (Å²) in [6, 6.07) is 1.77. The van der Waals surface area contributed by atoms with Crippen molar-refractivity contribution in [3.63, 3.8) is 0 Å². The molecule has 0 atom stereocenters. The van der Waals surface area contributed by atoms with E-state index in [2.05, 4.69) is 31.9 Å². The van der Waals surface area contributed by atoms with Crippen molar-refractivity contribution in [1.29, 1.82) is 0 Å². The molecule has 1 aliphatic heterocycles. The van der Waals surface area contributed by atoms with Crippen molar-refractivity contribution in [2.45, 2.75) is 25.7 Å². The van der Waals surface area contributed by atoms with E-state index in [4.69, 9.17) is 4.52 Å². The lowest BCUT2D eigenvalue weighted by Crippen LogP contribution is -2.45. The second kappa shape index (κ2) is 5.44. The minimum atomic E-state index is 0.363. The smallest absolute Gasteiger partial charge is 0.240 e. The van der Waals surface area contributed by atoms with E-state index in [9.17, 15) is 0 Å². The summed E-state index contributed by atoms with van der Waals surface area (Å²) in [5.41, 5.74) is 0. The van der Waals surface area contributed by atoms with E-state index in [1.54, 1.807) is 18.5 Å². The normalized spacial score (nSPS) is 16.5. The molecule has 2 aromatic heterocycles. The van der Waals surface area contributed by atoms with Gasteiger partial charge in [-0.05, 0) is 19.0 Å². The Balaban J connectivity index is 1.61. The van der Waals surface area contributed by atoms with Crippen molar-refractivity contribution in [3.8, 4) is 11.6 Å². The number of rotatable bonds is 5. The molecule has 3 heterocycles. The number of unbranched alkanes of at least 4 members (excludes halogenated alkanes) is 1. The number of hydrogen-bond acceptors (Lipinski definition) is 6. The second-order valence-electron chi connectivity index (χ2n) is 4.84. The fourth-order valence-corrected chi connectivity index (χ4v) is 2.20. The Morgan fingerprint density at radius 3 is 2.79 bits per heavy atom. The van der Waals surface area contributed by atoms with Crippen LogP contribution in [-0.2, 0) is 0 Å². The van der Waals surface area contributed by atoms with Crippen molar-refractivity contribution in [2.24, 2.45) is 0 Å². The molecular formula is C13H17N5O. The van der Waals surface area contributed by atoms with Gasteiger partial charge in [-0.25, -0.2) is 9.97 Å². The van der Waals surface area contributed by atoms with Crippen LogP contribution in [0.5, 0.6) is 0 Å². The highest BCUT2D eigenvalue weighted by Gasteiger charge is 2.32. The number of nitrogens with zero attached hydrogens (tertiary/aromatic N) is 5. The Kier molecular flexibility index (Phi) is 3.50. The predicted molar refractivity (Wildman–Crippen MR) is 69.4 cm³/mol. The standard InChI is InChI=1S/C13H17N5O/c1-2-3-7-18-8-10(9-18)13-16-12(17-19-13)11-14-5-4-6-15-11/h4-6,10H,2-3,7-9H2,1H3. The maximum absolute atomic E-state index is 5.31. The Bertz CT molecular complexity index is 521. The molecule has 0 radical (unpaired) electrons. The maximum Gasteiger partial charge on any atom is 0.240 e. The van der Waals surface area contributed by atoms with Gasteiger partial charge in [0.05, 0.1) is 5.92 Å². The van der Waals surface area contributed by atoms with Crippen LogP contribution in [0.4, 0.5) is 0 Å². The zero-order valence-electron chi connectivity index (χ0n) is 11.0. The summed E-state index contributed by atoms with van der Waals surface area (Å²) in [6.45, 7) is 5.39. The van der Waals surface area contributed by atoms with Crippen LogP contribution in [0, 0.1) is 0 Å². The van der Waals surface area contributed by atoms with E-state index in [1.807, 2.05) is 0 Å². The largest absolute Gasteiger partial charge is 0.338 e. The van der Waals surface area contributed by atoms with Gasteiger partial charge in [-0.2, -0.15) is 4.98 Å². The van der Waals surface area contributed by atoms with Gasteiger partial charge in [0.25, 0.3) is 0 Å². The zero-order chi connectivity index (χ0) is 13.1. The van der Waals surface area contributed by atoms with Gasteiger partial charge < -0.3 is 9.42 Å². The molecule has 0 saturated carbocycles. The van der Waals surface area contributed by atoms with Crippen LogP contribution in [0.3, 0.4) is 0 Å². The van der Waals surface area contributed by atoms with Crippen LogP contribution in [0.1, 0.15) is 31.6 Å². The quantitative estimate of drug-likeness (QED) is 0.814. The van der Waals surface area contributed by atoms with E-state index in [0.29, 0.717) is 23.5 Å². The maximum atomic E-state index is 5.31. The van der Waals surface area contributed by atoms with Crippen LogP contribution in [0.25, 0.3) is 11.6 Å². The van der Waals surface area contributed by atoms with Gasteiger partial charge in [-0.3, -0.25) is 0 Å². The van der Waals surface area contributed by atoms with E-state index in [-0.39, 0.29) is 0 Å². The molecule has 1 saturated heterocycles. The first-order chi connectivity index (χ1) is 9.36. The lowest BCUT2D eigenvalue weighted by Gasteiger charge is -2.36. The molecule has 19 heavy (non-hydrogen) atoms. The third-order valence-corrected chi connectivity index (χ3v) is 3.34. The summed E-state index contributed by atoms with van der Waals surface area (Å²) in [4.78, 5) is 15.0. The molecule has 3 rings (SSSR count). The summed E-state index contributed by atoms with van der Waals surface area (Å²) in [5.74, 6) is 2.05. The topological polar surface area (TPSA) is 67.9 Å². The Morgan fingerprint density at radius 1 is 1.26 bits per heavy atom. The van der Waals surface area contributed by atoms with Crippen molar-refractivity contribution < 1.29 is 4.52 Å². The predicted octanol–water partition coefficient (Wildman–Crippen LogP) is 1.73. The molecular weight excluding hydrogens is 242 g/mol. The van der Waals surface area contributed by atoms with E-state index in [0.717, 1.165) is 19.6 Å². The summed E-state index contributed by atoms with van der Waals surface area (Å²) in [7, 11) is 0. The monoisotopic (exact) mass is 259 g/mol. The van der Waals surface area contributed by atoms with Crippen molar-refractivity contribution in [2.75, 3.05) is 19.6 Å². The SMILES string of the molecule is CCCCN1CC(c2nc(-c3ncccn3)no2)C1. The first-order valence-corrected chi connectivity index (χ1v) is 6.70. The van der Waals surface area contributed by atoms with Gasteiger partial charge >= 0.3 is 0 Å². The Morgan fingerprint density at radius 2 is 2.05 bits per heavy atom. The van der Waals surface area contributed by atoms with Gasteiger partial charge in [0.2, 0.25) is 17.5 Å². The van der Waals surface area contributed by atoms with Gasteiger partial charge in [-0.15, -0.1) is 0 Å². The van der Waals surface area contributed by atoms with Crippen molar-refractivity contribution >= 4 is 0 Å². The first kappa shape index (κ1) is 12.2. The van der Waals surface area contributed by atoms with Crippen LogP contribution in [0.15, 0.2) is 23.0 Å². The minimum Gasteiger partial charge on any atom is -0.338 e. The molecule has 0 N–H and O–H groups in total. The fourth-order valence-electron chi connectivity index (χ4n) is 2.20. The summed E-state index contributed by atoms with van der Waals surface area (Å²) in [6.07, 6.45) is 5.83. The number of aromatic nitrogens is 4. The zero-order valence-corrected chi connectivity index (χ0v) is 11.0. The fraction of sp³-hybridized carbons (Fsp3) is 0.538. The number of likely N-dealkylation sites (tertiary alicyclic amines) is 1. The lowest BCUT2D eigenvalue weighted by atomic mass is 10.00. The highest BCUT2D eigenvalue weighted by atomic mass is 16.5. The van der Waals surface area contributed by atoms with Crippen LogP contribution >= 0.6 is 0 Å². The molecule has 1 aliphatic rings. The minimum absolute atomic E-state index is 0.363. The third kappa shape index (κ3) is 2.63. The molecule has 0 aliphatic carbocycles. The van der Waals surface area contributed by atoms with E-state index >= 15 is 0 Å². The molecule has 0 amide bonds. The first-order valence-electron chi connectivity index (χ1n) is 6.70. The molecule has 0 bridgehead atoms. The van der Waals surface area contributed by atoms with Crippen molar-refractivity contribution in [1.82, 2.24) is 25.0 Å². The highest BCUT2D eigenvalue weighted by Crippen LogP contribution is 2.26. The van der Waals surface area contributed by atoms with Gasteiger partial charge in [0.1, 0.15) is 0 Å². The van der Waals surface area contributed by atoms with Crippen LogP contribution < -0.4 is 0 Å². The van der Waals surface area contributed by atoms with E-state index in [1.165, 1.54) is 12.8 Å². The summed E-state index contributed by atoms with van der Waals surface area (Å²) in [5, 5.41) is 3.95. The molecule has 1 fully saturated rings. The van der Waals surface area contributed by atoms with Crippen molar-refractivity contribution in [3.05, 3.63) is 24.4 Å². The van der Waals surface area contributed by atoms with E-state index < -0.39 is 0 Å². The summed E-state index contributed by atoms with van der Waals surface area (Å²) < 4.78 is 5.31. The van der Waals surface area contributed by atoms with Gasteiger partial charge in [0.15, 0.2) is 0 Å². The van der Waals surface area contributed by atoms with Crippen LogP contribution in [0.2, 0.25) is 0 Å². The molecule has 6 nitrogen and oxygen atoms in total. The second-order valence-corrected chi connectivity index (χ2v) is 4.84. The lowest BCUT2D eigenvalue weighted by molar-refractivity contribution is 0.123. The molecule has 0 unspecified atom stereocenters. The molecule has 0 aromatic carbocycles. The molecule has 2 aromatic rings. The van der Waals surface area contributed by atoms with Crippen LogP contribution in [-0.4, -0.2) is 44.6 Å². The average Bonchev–Trinajstić information content (AvgIpc) is 2.87. The highest BCUT2D eigenvalue weighted by molar-refractivity contribution is 5.40. The molecule has 6 heteroatoms. The average molecular weight is 259 g/mol. The molecule has 100 valence electrons. The van der Waals surface area contributed by atoms with Gasteiger partial charge in [-0.1, -0.05) is 18.5 Å². The molecule has 0 spiro atoms. The Hall–Kier alpha value is -1.82. The Labute approximate surface area is 111 Å². The third-order valence-electron chi connectivity index (χ3n) is 3.34.